The number of nitrogens with zero attached hydrogens (tertiary/aromatic N) is 3. The van der Waals surface area contributed by atoms with Crippen molar-refractivity contribution in [3.05, 3.63) is 46.8 Å². The van der Waals surface area contributed by atoms with Gasteiger partial charge < -0.3 is 14.5 Å². The summed E-state index contributed by atoms with van der Waals surface area (Å²) < 4.78 is 5.36. The van der Waals surface area contributed by atoms with Crippen LogP contribution in [0.4, 0.5) is 0 Å². The molecule has 1 aromatic rings. The number of carbonyl (C=O) groups excluding carboxylic acids is 3. The maximum atomic E-state index is 13.5. The Balaban J connectivity index is 2.00. The van der Waals surface area contributed by atoms with Crippen LogP contribution in [-0.4, -0.2) is 85.2 Å². The Bertz CT molecular complexity index is 843. The normalized spacial score (nSPS) is 17.2. The largest absolute Gasteiger partial charge is 0.379 e. The Hall–Kier alpha value is -2.51. The van der Waals surface area contributed by atoms with Crippen molar-refractivity contribution in [3.8, 4) is 0 Å². The molecule has 1 saturated heterocycles. The summed E-state index contributed by atoms with van der Waals surface area (Å²) in [4.78, 5) is 45.4. The lowest BCUT2D eigenvalue weighted by atomic mass is 9.89. The summed E-state index contributed by atoms with van der Waals surface area (Å²) in [6.45, 7) is 7.65. The number of allylic oxidation sites excluding steroid dienone is 2. The van der Waals surface area contributed by atoms with Gasteiger partial charge in [0, 0.05) is 44.4 Å². The number of unbranched alkanes of at least 4 members (excludes halogenated alkanes) is 1. The van der Waals surface area contributed by atoms with Crippen LogP contribution in [-0.2, 0) is 9.53 Å². The van der Waals surface area contributed by atoms with Crippen molar-refractivity contribution in [3.63, 3.8) is 0 Å². The predicted octanol–water partition coefficient (Wildman–Crippen LogP) is 2.19. The van der Waals surface area contributed by atoms with Gasteiger partial charge in [-0.3, -0.25) is 19.3 Å². The van der Waals surface area contributed by atoms with E-state index in [1.54, 1.807) is 24.3 Å². The first-order valence-corrected chi connectivity index (χ1v) is 10.7. The van der Waals surface area contributed by atoms with Crippen molar-refractivity contribution < 1.29 is 19.1 Å². The molecule has 1 aliphatic carbocycles. The first-order chi connectivity index (χ1) is 14.5. The Morgan fingerprint density at radius 2 is 1.63 bits per heavy atom. The molecule has 0 spiro atoms. The molecule has 0 bridgehead atoms. The van der Waals surface area contributed by atoms with Gasteiger partial charge in [-0.05, 0) is 13.3 Å². The van der Waals surface area contributed by atoms with E-state index < -0.39 is 0 Å². The van der Waals surface area contributed by atoms with Gasteiger partial charge in [-0.15, -0.1) is 0 Å². The minimum Gasteiger partial charge on any atom is -0.379 e. The van der Waals surface area contributed by atoms with Gasteiger partial charge in [-0.1, -0.05) is 37.6 Å². The topological polar surface area (TPSA) is 70.2 Å². The van der Waals surface area contributed by atoms with Gasteiger partial charge in [0.05, 0.1) is 19.8 Å². The van der Waals surface area contributed by atoms with Gasteiger partial charge >= 0.3 is 0 Å². The molecule has 7 heteroatoms. The van der Waals surface area contributed by atoms with Crippen LogP contribution in [0.5, 0.6) is 0 Å². The standard InChI is InChI=1S/C23H31N3O4/c1-4-6-11-24(3)20-21(23(29)18-10-8-7-9-17(18)22(20)28)26(5-2)19(27)16-25-12-14-30-15-13-25/h7-10H,4-6,11-16H2,1-3H3. The van der Waals surface area contributed by atoms with Crippen LogP contribution in [0.3, 0.4) is 0 Å². The van der Waals surface area contributed by atoms with E-state index in [2.05, 4.69) is 6.92 Å². The second-order valence-electron chi connectivity index (χ2n) is 7.70. The van der Waals surface area contributed by atoms with Crippen LogP contribution in [0, 0.1) is 0 Å². The molecule has 1 aromatic carbocycles. The third-order valence-electron chi connectivity index (χ3n) is 5.65. The number of Topliss-reactive ketones (excluding diaryl/α,β-unsaturated/α-hetero) is 2. The van der Waals surface area contributed by atoms with E-state index in [0.29, 0.717) is 56.2 Å². The molecule has 0 aromatic heterocycles. The maximum Gasteiger partial charge on any atom is 0.241 e. The average molecular weight is 414 g/mol. The minimum absolute atomic E-state index is 0.170. The second-order valence-corrected chi connectivity index (χ2v) is 7.70. The fraction of sp³-hybridized carbons (Fsp3) is 0.522. The van der Waals surface area contributed by atoms with Crippen LogP contribution < -0.4 is 0 Å². The highest BCUT2D eigenvalue weighted by atomic mass is 16.5. The number of fused-ring (bicyclic) bond motifs is 1. The smallest absolute Gasteiger partial charge is 0.241 e. The zero-order valence-electron chi connectivity index (χ0n) is 18.1. The molecule has 0 N–H and O–H groups in total. The number of benzene rings is 1. The van der Waals surface area contributed by atoms with Crippen molar-refractivity contribution in [1.29, 1.82) is 0 Å². The predicted molar refractivity (Wildman–Crippen MR) is 114 cm³/mol. The first-order valence-electron chi connectivity index (χ1n) is 10.7. The monoisotopic (exact) mass is 413 g/mol. The number of ketones is 2. The summed E-state index contributed by atoms with van der Waals surface area (Å²) >= 11 is 0. The fourth-order valence-corrected chi connectivity index (χ4v) is 3.96. The second kappa shape index (κ2) is 10.00. The molecule has 1 aliphatic heterocycles. The lowest BCUT2D eigenvalue weighted by Crippen LogP contribution is -2.47. The lowest BCUT2D eigenvalue weighted by Gasteiger charge is -2.34. The molecule has 0 radical (unpaired) electrons. The molecule has 1 amide bonds. The molecule has 0 saturated carbocycles. The van der Waals surface area contributed by atoms with Crippen molar-refractivity contribution in [2.75, 3.05) is 53.0 Å². The Morgan fingerprint density at radius 3 is 2.20 bits per heavy atom. The van der Waals surface area contributed by atoms with E-state index in [4.69, 9.17) is 4.74 Å². The van der Waals surface area contributed by atoms with Gasteiger partial charge in [0.15, 0.2) is 0 Å². The van der Waals surface area contributed by atoms with E-state index in [-0.39, 0.29) is 29.7 Å². The summed E-state index contributed by atoms with van der Waals surface area (Å²) in [6, 6.07) is 6.86. The number of hydrogen-bond donors (Lipinski definition) is 0. The molecular weight excluding hydrogens is 382 g/mol. The van der Waals surface area contributed by atoms with Gasteiger partial charge in [-0.2, -0.15) is 0 Å². The van der Waals surface area contributed by atoms with Gasteiger partial charge in [-0.25, -0.2) is 0 Å². The minimum atomic E-state index is -0.263. The highest BCUT2D eigenvalue weighted by Gasteiger charge is 2.38. The number of rotatable bonds is 8. The highest BCUT2D eigenvalue weighted by molar-refractivity contribution is 6.27. The lowest BCUT2D eigenvalue weighted by molar-refractivity contribution is -0.131. The molecular formula is C23H31N3O4. The zero-order valence-corrected chi connectivity index (χ0v) is 18.1. The Labute approximate surface area is 178 Å². The molecule has 0 unspecified atom stereocenters. The van der Waals surface area contributed by atoms with Crippen LogP contribution in [0.25, 0.3) is 0 Å². The quantitative estimate of drug-likeness (QED) is 0.651. The summed E-state index contributed by atoms with van der Waals surface area (Å²) in [5, 5.41) is 0. The number of morpholine rings is 1. The number of hydrogen-bond acceptors (Lipinski definition) is 6. The summed E-state index contributed by atoms with van der Waals surface area (Å²) in [6.07, 6.45) is 1.86. The summed E-state index contributed by atoms with van der Waals surface area (Å²) in [5.74, 6) is -0.631. The molecule has 2 aliphatic rings. The average Bonchev–Trinajstić information content (AvgIpc) is 2.76. The van der Waals surface area contributed by atoms with Crippen LogP contribution >= 0.6 is 0 Å². The van der Waals surface area contributed by atoms with Crippen molar-refractivity contribution in [1.82, 2.24) is 14.7 Å². The fourth-order valence-electron chi connectivity index (χ4n) is 3.96. The van der Waals surface area contributed by atoms with Crippen LogP contribution in [0.2, 0.25) is 0 Å². The third-order valence-corrected chi connectivity index (χ3v) is 5.65. The first kappa shape index (κ1) is 22.2. The van der Waals surface area contributed by atoms with Gasteiger partial charge in [0.2, 0.25) is 17.5 Å². The number of ether oxygens (including phenoxy) is 1. The molecule has 0 atom stereocenters. The van der Waals surface area contributed by atoms with Crippen molar-refractivity contribution in [2.45, 2.75) is 26.7 Å². The van der Waals surface area contributed by atoms with Crippen LogP contribution in [0.15, 0.2) is 35.7 Å². The molecule has 162 valence electrons. The van der Waals surface area contributed by atoms with Gasteiger partial charge in [0.25, 0.3) is 0 Å². The molecule has 1 heterocycles. The molecule has 7 nitrogen and oxygen atoms in total. The highest BCUT2D eigenvalue weighted by Crippen LogP contribution is 2.30. The van der Waals surface area contributed by atoms with Gasteiger partial charge in [0.1, 0.15) is 11.4 Å². The number of carbonyl (C=O) groups is 3. The maximum absolute atomic E-state index is 13.5. The van der Waals surface area contributed by atoms with E-state index >= 15 is 0 Å². The Morgan fingerprint density at radius 1 is 1.03 bits per heavy atom. The third kappa shape index (κ3) is 4.47. The molecule has 1 fully saturated rings. The van der Waals surface area contributed by atoms with Crippen molar-refractivity contribution in [2.24, 2.45) is 0 Å². The number of amides is 1. The zero-order chi connectivity index (χ0) is 21.7. The summed E-state index contributed by atoms with van der Waals surface area (Å²) in [7, 11) is 1.82. The number of likely N-dealkylation sites (N-methyl/N-ethyl adjacent to an activating group) is 2. The van der Waals surface area contributed by atoms with E-state index in [9.17, 15) is 14.4 Å². The molecule has 3 rings (SSSR count). The van der Waals surface area contributed by atoms with E-state index in [1.165, 1.54) is 4.90 Å². The van der Waals surface area contributed by atoms with Crippen LogP contribution in [0.1, 0.15) is 47.4 Å². The molecule has 30 heavy (non-hydrogen) atoms. The SMILES string of the molecule is CCCCN(C)C1=C(N(CC)C(=O)CN2CCOCC2)C(=O)c2ccccc2C1=O. The van der Waals surface area contributed by atoms with E-state index in [0.717, 1.165) is 12.8 Å². The summed E-state index contributed by atoms with van der Waals surface area (Å²) in [5.41, 5.74) is 1.30. The Kier molecular flexibility index (Phi) is 7.39. The van der Waals surface area contributed by atoms with E-state index in [1.807, 2.05) is 23.8 Å². The van der Waals surface area contributed by atoms with Crippen molar-refractivity contribution >= 4 is 17.5 Å².